The van der Waals surface area contributed by atoms with Gasteiger partial charge in [0, 0.05) is 38.9 Å². The quantitative estimate of drug-likeness (QED) is 0.155. The van der Waals surface area contributed by atoms with Crippen molar-refractivity contribution in [2.45, 2.75) is 24.7 Å². The fourth-order valence-corrected chi connectivity index (χ4v) is 11.7. The van der Waals surface area contributed by atoms with E-state index in [-0.39, 0.29) is 5.41 Å². The van der Waals surface area contributed by atoms with Gasteiger partial charge in [0.05, 0.1) is 16.4 Å². The van der Waals surface area contributed by atoms with Gasteiger partial charge in [0.1, 0.15) is 0 Å². The first kappa shape index (κ1) is 38.3. The van der Waals surface area contributed by atoms with Crippen LogP contribution >= 0.6 is 0 Å². The predicted octanol–water partition coefficient (Wildman–Crippen LogP) is 16.6. The maximum atomic E-state index is 2.48. The van der Waals surface area contributed by atoms with Crippen molar-refractivity contribution < 1.29 is 0 Å². The Morgan fingerprint density at radius 2 is 0.758 bits per heavy atom. The molecular weight excluding hydrogens is 797 g/mol. The van der Waals surface area contributed by atoms with Gasteiger partial charge >= 0.3 is 0 Å². The summed E-state index contributed by atoms with van der Waals surface area (Å²) in [7, 11) is 0. The Morgan fingerprint density at radius 3 is 1.35 bits per heavy atom. The number of nitrogens with zero attached hydrogens (tertiary/aromatic N) is 2. The maximum Gasteiger partial charge on any atom is 0.0714 e. The van der Waals surface area contributed by atoms with Crippen LogP contribution in [0.2, 0.25) is 0 Å². The molecule has 10 aromatic carbocycles. The SMILES string of the molecule is CC1(C)c2ccccc2-c2ccc(N(c3ccc(-c4ccc(-n5c6ccccc6c6ccccc65)cc4)cc3)c3ccc4c(c3)C(c3ccccc3)(c3ccccc3)c3ccccc3-4)cc21. The molecule has 0 spiro atoms. The molecule has 0 atom stereocenters. The van der Waals surface area contributed by atoms with Crippen LogP contribution in [0.5, 0.6) is 0 Å². The molecule has 2 nitrogen and oxygen atoms in total. The number of benzene rings is 10. The van der Waals surface area contributed by atoms with Crippen LogP contribution in [0.25, 0.3) is 60.9 Å². The molecule has 2 aliphatic carbocycles. The molecule has 0 bridgehead atoms. The standard InChI is InChI=1S/C64H46N2/c1-63(2)57-25-13-9-21-51(57)53-39-37-49(41-59(53)63)65(47-33-29-43(30-34-47)44-31-35-48(36-32-44)66-61-27-15-11-23-55(61)56-24-12-16-28-62(56)66)50-38-40-54-52-22-10-14-26-58(52)64(60(54)42-50,45-17-5-3-6-18-45)46-19-7-4-8-20-46/h3-42H,1-2H3. The molecule has 2 heteroatoms. The highest BCUT2D eigenvalue weighted by Gasteiger charge is 2.46. The first-order valence-corrected chi connectivity index (χ1v) is 23.1. The van der Waals surface area contributed by atoms with Crippen LogP contribution < -0.4 is 4.90 Å². The topological polar surface area (TPSA) is 8.17 Å². The monoisotopic (exact) mass is 842 g/mol. The molecule has 2 aliphatic rings. The average molecular weight is 843 g/mol. The van der Waals surface area contributed by atoms with Gasteiger partial charge in [0.15, 0.2) is 0 Å². The minimum absolute atomic E-state index is 0.141. The van der Waals surface area contributed by atoms with Crippen LogP contribution in [-0.4, -0.2) is 4.57 Å². The summed E-state index contributed by atoms with van der Waals surface area (Å²) in [6.45, 7) is 4.74. The third kappa shape index (κ3) is 5.55. The first-order chi connectivity index (χ1) is 32.5. The van der Waals surface area contributed by atoms with Gasteiger partial charge in [-0.3, -0.25) is 0 Å². The summed E-state index contributed by atoms with van der Waals surface area (Å²) >= 11 is 0. The summed E-state index contributed by atoms with van der Waals surface area (Å²) < 4.78 is 2.38. The molecule has 0 fully saturated rings. The molecule has 0 radical (unpaired) electrons. The third-order valence-corrected chi connectivity index (χ3v) is 14.7. The molecule has 1 aromatic heterocycles. The lowest BCUT2D eigenvalue weighted by atomic mass is 9.67. The van der Waals surface area contributed by atoms with Crippen molar-refractivity contribution >= 4 is 38.9 Å². The minimum Gasteiger partial charge on any atom is -0.310 e. The number of anilines is 3. The normalized spacial score (nSPS) is 13.8. The van der Waals surface area contributed by atoms with E-state index in [2.05, 4.69) is 266 Å². The zero-order chi connectivity index (χ0) is 44.0. The van der Waals surface area contributed by atoms with E-state index in [9.17, 15) is 0 Å². The Bertz CT molecular complexity index is 3560. The summed E-state index contributed by atoms with van der Waals surface area (Å²) in [5.41, 5.74) is 21.7. The van der Waals surface area contributed by atoms with Crippen molar-refractivity contribution in [1.29, 1.82) is 0 Å². The summed E-state index contributed by atoms with van der Waals surface area (Å²) in [4.78, 5) is 2.47. The van der Waals surface area contributed by atoms with Gasteiger partial charge in [-0.15, -0.1) is 0 Å². The van der Waals surface area contributed by atoms with Crippen LogP contribution in [0.3, 0.4) is 0 Å². The lowest BCUT2D eigenvalue weighted by molar-refractivity contribution is 0.660. The summed E-state index contributed by atoms with van der Waals surface area (Å²) in [6.07, 6.45) is 0. The number of aromatic nitrogens is 1. The lowest BCUT2D eigenvalue weighted by Gasteiger charge is -2.35. The maximum absolute atomic E-state index is 2.48. The van der Waals surface area contributed by atoms with Crippen LogP contribution in [0.15, 0.2) is 243 Å². The van der Waals surface area contributed by atoms with E-state index in [1.54, 1.807) is 0 Å². The van der Waals surface area contributed by atoms with E-state index in [1.165, 1.54) is 88.6 Å². The van der Waals surface area contributed by atoms with Crippen LogP contribution in [0.1, 0.15) is 47.2 Å². The lowest BCUT2D eigenvalue weighted by Crippen LogP contribution is -2.28. The Morgan fingerprint density at radius 1 is 0.333 bits per heavy atom. The minimum atomic E-state index is -0.507. The van der Waals surface area contributed by atoms with Gasteiger partial charge in [-0.2, -0.15) is 0 Å². The predicted molar refractivity (Wildman–Crippen MR) is 276 cm³/mol. The molecule has 1 heterocycles. The third-order valence-electron chi connectivity index (χ3n) is 14.7. The molecule has 0 saturated carbocycles. The molecular formula is C64H46N2. The van der Waals surface area contributed by atoms with Crippen molar-refractivity contribution in [2.75, 3.05) is 4.90 Å². The van der Waals surface area contributed by atoms with Crippen LogP contribution in [0, 0.1) is 0 Å². The number of para-hydroxylation sites is 2. The van der Waals surface area contributed by atoms with Crippen molar-refractivity contribution in [1.82, 2.24) is 4.57 Å². The molecule has 66 heavy (non-hydrogen) atoms. The zero-order valence-corrected chi connectivity index (χ0v) is 37.0. The zero-order valence-electron chi connectivity index (χ0n) is 37.0. The van der Waals surface area contributed by atoms with E-state index in [0.717, 1.165) is 22.7 Å². The summed E-state index contributed by atoms with van der Waals surface area (Å²) in [6, 6.07) is 90.0. The largest absolute Gasteiger partial charge is 0.310 e. The van der Waals surface area contributed by atoms with Gasteiger partial charge in [-0.25, -0.2) is 0 Å². The van der Waals surface area contributed by atoms with E-state index >= 15 is 0 Å². The highest BCUT2D eigenvalue weighted by atomic mass is 15.1. The van der Waals surface area contributed by atoms with Gasteiger partial charge in [-0.1, -0.05) is 196 Å². The fraction of sp³-hybridized carbons (Fsp3) is 0.0625. The summed E-state index contributed by atoms with van der Waals surface area (Å²) in [5, 5.41) is 2.54. The van der Waals surface area contributed by atoms with Gasteiger partial charge in [0.25, 0.3) is 0 Å². The number of hydrogen-bond donors (Lipinski definition) is 0. The number of fused-ring (bicyclic) bond motifs is 9. The Labute approximate surface area is 386 Å². The molecule has 0 amide bonds. The van der Waals surface area contributed by atoms with Gasteiger partial charge in [-0.05, 0) is 127 Å². The number of hydrogen-bond acceptors (Lipinski definition) is 1. The van der Waals surface area contributed by atoms with Gasteiger partial charge in [0.2, 0.25) is 0 Å². The second-order valence-electron chi connectivity index (χ2n) is 18.5. The van der Waals surface area contributed by atoms with E-state index in [1.807, 2.05) is 0 Å². The molecule has 0 N–H and O–H groups in total. The summed E-state index contributed by atoms with van der Waals surface area (Å²) in [5.74, 6) is 0. The highest BCUT2D eigenvalue weighted by molar-refractivity contribution is 6.09. The molecule has 0 aliphatic heterocycles. The van der Waals surface area contributed by atoms with Crippen molar-refractivity contribution in [3.63, 3.8) is 0 Å². The van der Waals surface area contributed by atoms with E-state index in [4.69, 9.17) is 0 Å². The molecule has 0 saturated heterocycles. The highest BCUT2D eigenvalue weighted by Crippen LogP contribution is 2.58. The Balaban J connectivity index is 0.962. The van der Waals surface area contributed by atoms with Crippen molar-refractivity contribution in [3.8, 4) is 39.1 Å². The fourth-order valence-electron chi connectivity index (χ4n) is 11.7. The molecule has 312 valence electrons. The Hall–Kier alpha value is -8.20. The Kier molecular flexibility index (Phi) is 8.51. The van der Waals surface area contributed by atoms with Crippen LogP contribution in [0.4, 0.5) is 17.1 Å². The van der Waals surface area contributed by atoms with Crippen molar-refractivity contribution in [3.05, 3.63) is 276 Å². The van der Waals surface area contributed by atoms with E-state index in [0.29, 0.717) is 0 Å². The molecule has 0 unspecified atom stereocenters. The molecule has 13 rings (SSSR count). The van der Waals surface area contributed by atoms with Crippen LogP contribution in [-0.2, 0) is 10.8 Å². The number of rotatable bonds is 7. The molecule has 11 aromatic rings. The van der Waals surface area contributed by atoms with Gasteiger partial charge < -0.3 is 9.47 Å². The average Bonchev–Trinajstić information content (AvgIpc) is 3.96. The second kappa shape index (κ2) is 14.7. The van der Waals surface area contributed by atoms with Crippen molar-refractivity contribution in [2.24, 2.45) is 0 Å². The first-order valence-electron chi connectivity index (χ1n) is 23.1. The smallest absolute Gasteiger partial charge is 0.0714 e. The second-order valence-corrected chi connectivity index (χ2v) is 18.5. The van der Waals surface area contributed by atoms with E-state index < -0.39 is 5.41 Å².